The maximum absolute atomic E-state index is 9.12. The van der Waals surface area contributed by atoms with Crippen LogP contribution in [0.15, 0.2) is 12.1 Å². The summed E-state index contributed by atoms with van der Waals surface area (Å²) in [5.74, 6) is 0. The van der Waals surface area contributed by atoms with E-state index < -0.39 is 0 Å². The second kappa shape index (κ2) is 5.96. The smallest absolute Gasteiger partial charge is 0.0566 e. The van der Waals surface area contributed by atoms with Gasteiger partial charge in [-0.2, -0.15) is 0 Å². The third-order valence-electron chi connectivity index (χ3n) is 3.60. The Bertz CT molecular complexity index is 353. The molecule has 0 spiro atoms. The van der Waals surface area contributed by atoms with Crippen molar-refractivity contribution < 1.29 is 5.11 Å². The van der Waals surface area contributed by atoms with E-state index in [1.165, 1.54) is 22.6 Å². The van der Waals surface area contributed by atoms with Crippen molar-refractivity contribution in [2.75, 3.05) is 19.7 Å². The van der Waals surface area contributed by atoms with Crippen LogP contribution in [-0.4, -0.2) is 35.7 Å². The molecule has 0 amide bonds. The van der Waals surface area contributed by atoms with Crippen molar-refractivity contribution in [2.45, 2.75) is 38.3 Å². The van der Waals surface area contributed by atoms with Crippen molar-refractivity contribution >= 4 is 11.3 Å². The number of rotatable bonds is 5. The maximum atomic E-state index is 9.12. The summed E-state index contributed by atoms with van der Waals surface area (Å²) in [6.07, 6.45) is 3.30. The lowest BCUT2D eigenvalue weighted by Crippen LogP contribution is -2.37. The zero-order chi connectivity index (χ0) is 12.3. The van der Waals surface area contributed by atoms with Crippen molar-refractivity contribution in [2.24, 2.45) is 5.73 Å². The summed E-state index contributed by atoms with van der Waals surface area (Å²) in [5, 5.41) is 9.12. The fourth-order valence-electron chi connectivity index (χ4n) is 2.77. The van der Waals surface area contributed by atoms with Crippen molar-refractivity contribution in [1.29, 1.82) is 0 Å². The first kappa shape index (κ1) is 13.0. The van der Waals surface area contributed by atoms with Gasteiger partial charge in [0, 0.05) is 28.9 Å². The van der Waals surface area contributed by atoms with Crippen molar-refractivity contribution in [1.82, 2.24) is 4.90 Å². The molecule has 1 aliphatic rings. The normalized spacial score (nSPS) is 23.1. The molecule has 3 N–H and O–H groups in total. The van der Waals surface area contributed by atoms with Crippen LogP contribution in [0.4, 0.5) is 0 Å². The van der Waals surface area contributed by atoms with Gasteiger partial charge < -0.3 is 10.8 Å². The maximum Gasteiger partial charge on any atom is 0.0566 e. The highest BCUT2D eigenvalue weighted by molar-refractivity contribution is 7.12. The summed E-state index contributed by atoms with van der Waals surface area (Å²) in [4.78, 5) is 5.20. The minimum absolute atomic E-state index is 0.280. The van der Waals surface area contributed by atoms with E-state index in [1.807, 2.05) is 11.3 Å². The fourth-order valence-corrected chi connectivity index (χ4v) is 3.79. The van der Waals surface area contributed by atoms with Gasteiger partial charge in [0.05, 0.1) is 6.04 Å². The molecular formula is C13H22N2OS. The van der Waals surface area contributed by atoms with Crippen LogP contribution in [0.3, 0.4) is 0 Å². The minimum Gasteiger partial charge on any atom is -0.396 e. The van der Waals surface area contributed by atoms with E-state index in [0.717, 1.165) is 13.0 Å². The summed E-state index contributed by atoms with van der Waals surface area (Å²) in [6, 6.07) is 5.22. The summed E-state index contributed by atoms with van der Waals surface area (Å²) >= 11 is 1.84. The molecule has 1 fully saturated rings. The summed E-state index contributed by atoms with van der Waals surface area (Å²) in [7, 11) is 0. The van der Waals surface area contributed by atoms with Crippen LogP contribution in [-0.2, 0) is 0 Å². The van der Waals surface area contributed by atoms with Crippen molar-refractivity contribution in [3.8, 4) is 0 Å². The number of hydrogen-bond acceptors (Lipinski definition) is 4. The van der Waals surface area contributed by atoms with Gasteiger partial charge in [0.2, 0.25) is 0 Å². The minimum atomic E-state index is 0.280. The Morgan fingerprint density at radius 2 is 2.41 bits per heavy atom. The van der Waals surface area contributed by atoms with Gasteiger partial charge in [-0.15, -0.1) is 11.3 Å². The van der Waals surface area contributed by atoms with Gasteiger partial charge in [0.25, 0.3) is 0 Å². The van der Waals surface area contributed by atoms with Gasteiger partial charge >= 0.3 is 0 Å². The van der Waals surface area contributed by atoms with Crippen LogP contribution < -0.4 is 5.73 Å². The first-order valence-corrected chi connectivity index (χ1v) is 7.21. The molecule has 0 aliphatic carbocycles. The monoisotopic (exact) mass is 254 g/mol. The molecule has 3 nitrogen and oxygen atoms in total. The van der Waals surface area contributed by atoms with Gasteiger partial charge in [0.15, 0.2) is 0 Å². The molecule has 2 atom stereocenters. The Morgan fingerprint density at radius 3 is 3.00 bits per heavy atom. The predicted molar refractivity (Wildman–Crippen MR) is 72.3 cm³/mol. The van der Waals surface area contributed by atoms with E-state index in [9.17, 15) is 0 Å². The summed E-state index contributed by atoms with van der Waals surface area (Å²) in [6.45, 7) is 4.20. The average Bonchev–Trinajstić information content (AvgIpc) is 2.91. The number of aliphatic hydroxyl groups excluding tert-OH is 1. The van der Waals surface area contributed by atoms with E-state index >= 15 is 0 Å². The highest BCUT2D eigenvalue weighted by atomic mass is 32.1. The summed E-state index contributed by atoms with van der Waals surface area (Å²) in [5.41, 5.74) is 5.95. The molecule has 2 heterocycles. The van der Waals surface area contributed by atoms with E-state index in [-0.39, 0.29) is 6.61 Å². The van der Waals surface area contributed by atoms with E-state index in [0.29, 0.717) is 18.6 Å². The molecule has 2 rings (SSSR count). The molecule has 96 valence electrons. The topological polar surface area (TPSA) is 49.5 Å². The van der Waals surface area contributed by atoms with Gasteiger partial charge in [-0.25, -0.2) is 0 Å². The van der Waals surface area contributed by atoms with Gasteiger partial charge in [0.1, 0.15) is 0 Å². The fraction of sp³-hybridized carbons (Fsp3) is 0.692. The molecule has 1 saturated heterocycles. The Hall–Kier alpha value is -0.420. The number of nitrogens with two attached hydrogens (primary N) is 1. The molecule has 2 unspecified atom stereocenters. The Balaban J connectivity index is 2.12. The van der Waals surface area contributed by atoms with Gasteiger partial charge in [-0.05, 0) is 44.9 Å². The molecule has 0 radical (unpaired) electrons. The highest BCUT2D eigenvalue weighted by Gasteiger charge is 2.30. The first-order chi connectivity index (χ1) is 8.26. The van der Waals surface area contributed by atoms with E-state index in [4.69, 9.17) is 10.8 Å². The number of hydrogen-bond donors (Lipinski definition) is 2. The standard InChI is InChI=1S/C13H22N2OS/c1-10-4-5-13(17-10)12(9-14)15-7-2-3-11(15)6-8-16/h4-5,11-12,16H,2-3,6-9,14H2,1H3. The quantitative estimate of drug-likeness (QED) is 0.844. The SMILES string of the molecule is Cc1ccc(C(CN)N2CCCC2CCO)s1. The molecule has 4 heteroatoms. The third-order valence-corrected chi connectivity index (χ3v) is 4.70. The predicted octanol–water partition coefficient (Wildman–Crippen LogP) is 1.90. The summed E-state index contributed by atoms with van der Waals surface area (Å²) < 4.78 is 0. The number of aryl methyl sites for hydroxylation is 1. The number of likely N-dealkylation sites (tertiary alicyclic amines) is 1. The number of nitrogens with zero attached hydrogens (tertiary/aromatic N) is 1. The lowest BCUT2D eigenvalue weighted by Gasteiger charge is -2.31. The zero-order valence-corrected chi connectivity index (χ0v) is 11.2. The Kier molecular flexibility index (Phi) is 4.56. The molecule has 1 aromatic rings. The molecule has 1 aliphatic heterocycles. The lowest BCUT2D eigenvalue weighted by molar-refractivity contribution is 0.153. The Labute approximate surface area is 107 Å². The van der Waals surface area contributed by atoms with Crippen LogP contribution in [0.25, 0.3) is 0 Å². The molecule has 1 aromatic heterocycles. The number of aliphatic hydroxyl groups is 1. The van der Waals surface area contributed by atoms with Gasteiger partial charge in [-0.1, -0.05) is 0 Å². The zero-order valence-electron chi connectivity index (χ0n) is 10.4. The molecule has 0 bridgehead atoms. The molecular weight excluding hydrogens is 232 g/mol. The van der Waals surface area contributed by atoms with E-state index in [2.05, 4.69) is 24.0 Å². The largest absolute Gasteiger partial charge is 0.396 e. The second-order valence-corrected chi connectivity index (χ2v) is 6.07. The third kappa shape index (κ3) is 2.88. The van der Waals surface area contributed by atoms with E-state index in [1.54, 1.807) is 0 Å². The van der Waals surface area contributed by atoms with Crippen LogP contribution in [0.5, 0.6) is 0 Å². The average molecular weight is 254 g/mol. The number of thiophene rings is 1. The molecule has 17 heavy (non-hydrogen) atoms. The van der Waals surface area contributed by atoms with Crippen LogP contribution in [0.1, 0.15) is 35.1 Å². The van der Waals surface area contributed by atoms with Crippen LogP contribution in [0, 0.1) is 6.92 Å². The second-order valence-electron chi connectivity index (χ2n) is 4.75. The lowest BCUT2D eigenvalue weighted by atomic mass is 10.1. The van der Waals surface area contributed by atoms with Crippen molar-refractivity contribution in [3.63, 3.8) is 0 Å². The molecule has 0 saturated carbocycles. The van der Waals surface area contributed by atoms with Crippen molar-refractivity contribution in [3.05, 3.63) is 21.9 Å². The Morgan fingerprint density at radius 1 is 1.59 bits per heavy atom. The molecule has 0 aromatic carbocycles. The first-order valence-electron chi connectivity index (χ1n) is 6.39. The highest BCUT2D eigenvalue weighted by Crippen LogP contribution is 2.33. The van der Waals surface area contributed by atoms with Gasteiger partial charge in [-0.3, -0.25) is 4.90 Å². The van der Waals surface area contributed by atoms with Crippen LogP contribution >= 0.6 is 11.3 Å². The van der Waals surface area contributed by atoms with Crippen LogP contribution in [0.2, 0.25) is 0 Å².